The highest BCUT2D eigenvalue weighted by Crippen LogP contribution is 2.52. The van der Waals surface area contributed by atoms with Crippen molar-refractivity contribution in [2.45, 2.75) is 19.4 Å². The van der Waals surface area contributed by atoms with Crippen molar-refractivity contribution in [1.82, 2.24) is 29.5 Å². The number of halogens is 1. The molecule has 4 aromatic heterocycles. The quantitative estimate of drug-likeness (QED) is 0.363. The molecule has 2 aliphatic rings. The molecule has 1 aromatic carbocycles. The number of fused-ring (bicyclic) bond motifs is 5. The Kier molecular flexibility index (Phi) is 4.09. The van der Waals surface area contributed by atoms with E-state index < -0.39 is 0 Å². The first kappa shape index (κ1) is 20.4. The van der Waals surface area contributed by atoms with E-state index in [1.165, 1.54) is 12.1 Å². The van der Waals surface area contributed by atoms with Crippen LogP contribution in [0.2, 0.25) is 0 Å². The minimum Gasteiger partial charge on any atom is -0.421 e. The third-order valence-corrected chi connectivity index (χ3v) is 7.57. The summed E-state index contributed by atoms with van der Waals surface area (Å²) >= 11 is 0. The summed E-state index contributed by atoms with van der Waals surface area (Å²) in [6.45, 7) is 3.87. The molecule has 35 heavy (non-hydrogen) atoms. The highest BCUT2D eigenvalue weighted by atomic mass is 19.1. The van der Waals surface area contributed by atoms with Crippen molar-refractivity contribution < 1.29 is 9.13 Å². The SMILES string of the molecule is CNc1cc(F)cc2c1[nH]c1nc(Oc3cnc4ccnn4c3)nc(N3C[C@@H]4[C@H](N)C[C@]4(C)C3)c12. The maximum absolute atomic E-state index is 14.5. The molecule has 0 radical (unpaired) electrons. The zero-order valence-electron chi connectivity index (χ0n) is 19.3. The predicted molar refractivity (Wildman–Crippen MR) is 130 cm³/mol. The second-order valence-electron chi connectivity index (χ2n) is 9.84. The summed E-state index contributed by atoms with van der Waals surface area (Å²) in [7, 11) is 1.76. The standard InChI is InChI=1S/C24H24FN9O/c1-24-7-16(26)15(24)10-33(11-24)22-19-14-5-12(25)6-17(27-2)20(14)30-21(19)31-23(32-22)35-13-8-28-18-3-4-29-34(18)9-13/h3-6,8-9,15-16,27H,7,10-11,26H2,1-2H3,(H,30,31,32)/t15-,16-,24-/m1/s1. The average molecular weight is 474 g/mol. The highest BCUT2D eigenvalue weighted by Gasteiger charge is 2.55. The predicted octanol–water partition coefficient (Wildman–Crippen LogP) is 3.30. The summed E-state index contributed by atoms with van der Waals surface area (Å²) in [4.78, 5) is 19.4. The van der Waals surface area contributed by atoms with E-state index >= 15 is 0 Å². The fraction of sp³-hybridized carbons (Fsp3) is 0.333. The highest BCUT2D eigenvalue weighted by molar-refractivity contribution is 6.14. The Bertz CT molecular complexity index is 1630. The van der Waals surface area contributed by atoms with E-state index in [2.05, 4.69) is 37.2 Å². The lowest BCUT2D eigenvalue weighted by molar-refractivity contribution is 0.0771. The summed E-state index contributed by atoms with van der Waals surface area (Å²) in [5, 5.41) is 8.77. The first-order chi connectivity index (χ1) is 16.9. The van der Waals surface area contributed by atoms with Crippen LogP contribution in [0, 0.1) is 17.2 Å². The Morgan fingerprint density at radius 1 is 1.31 bits per heavy atom. The number of hydrogen-bond donors (Lipinski definition) is 3. The number of H-pyrrole nitrogens is 1. The summed E-state index contributed by atoms with van der Waals surface area (Å²) in [6.07, 6.45) is 5.99. The van der Waals surface area contributed by atoms with Crippen LogP contribution in [-0.2, 0) is 0 Å². The Morgan fingerprint density at radius 3 is 3.00 bits per heavy atom. The summed E-state index contributed by atoms with van der Waals surface area (Å²) < 4.78 is 22.2. The number of nitrogens with two attached hydrogens (primary N) is 1. The molecule has 3 atom stereocenters. The zero-order chi connectivity index (χ0) is 23.9. The molecular formula is C24H24FN9O. The molecule has 0 amide bonds. The zero-order valence-corrected chi connectivity index (χ0v) is 19.3. The molecule has 1 aliphatic heterocycles. The Labute approximate surface area is 199 Å². The Morgan fingerprint density at radius 2 is 2.20 bits per heavy atom. The molecule has 1 aliphatic carbocycles. The van der Waals surface area contributed by atoms with Gasteiger partial charge >= 0.3 is 6.01 Å². The van der Waals surface area contributed by atoms with E-state index in [1.54, 1.807) is 36.2 Å². The molecule has 5 heterocycles. The van der Waals surface area contributed by atoms with Gasteiger partial charge in [0.2, 0.25) is 0 Å². The number of nitrogens with one attached hydrogen (secondary N) is 2. The van der Waals surface area contributed by atoms with E-state index in [-0.39, 0.29) is 23.3 Å². The van der Waals surface area contributed by atoms with Crippen LogP contribution in [0.1, 0.15) is 13.3 Å². The van der Waals surface area contributed by atoms with E-state index in [0.29, 0.717) is 34.5 Å². The van der Waals surface area contributed by atoms with Crippen LogP contribution in [0.15, 0.2) is 36.8 Å². The fourth-order valence-electron chi connectivity index (χ4n) is 5.87. The lowest BCUT2D eigenvalue weighted by Crippen LogP contribution is -2.53. The Hall–Kier alpha value is -3.99. The van der Waals surface area contributed by atoms with Gasteiger partial charge in [-0.3, -0.25) is 0 Å². The largest absolute Gasteiger partial charge is 0.421 e. The average Bonchev–Trinajstić information content (AvgIpc) is 3.51. The van der Waals surface area contributed by atoms with Crippen molar-refractivity contribution in [2.75, 3.05) is 30.4 Å². The molecule has 2 fully saturated rings. The van der Waals surface area contributed by atoms with Crippen molar-refractivity contribution in [3.8, 4) is 11.8 Å². The molecule has 10 nitrogen and oxygen atoms in total. The number of hydrogen-bond acceptors (Lipinski definition) is 8. The van der Waals surface area contributed by atoms with Crippen LogP contribution in [0.5, 0.6) is 11.8 Å². The third-order valence-electron chi connectivity index (χ3n) is 7.57. The smallest absolute Gasteiger partial charge is 0.326 e. The monoisotopic (exact) mass is 473 g/mol. The van der Waals surface area contributed by atoms with Gasteiger partial charge in [0, 0.05) is 37.6 Å². The van der Waals surface area contributed by atoms with E-state index in [1.807, 2.05) is 0 Å². The second-order valence-corrected chi connectivity index (χ2v) is 9.84. The van der Waals surface area contributed by atoms with Gasteiger partial charge in [0.05, 0.1) is 35.2 Å². The number of aromatic amines is 1. The molecule has 178 valence electrons. The summed E-state index contributed by atoms with van der Waals surface area (Å²) in [6, 6.07) is 5.15. The molecule has 1 saturated carbocycles. The van der Waals surface area contributed by atoms with Gasteiger partial charge in [0.1, 0.15) is 17.3 Å². The molecule has 4 N–H and O–H groups in total. The first-order valence-electron chi connectivity index (χ1n) is 11.6. The van der Waals surface area contributed by atoms with Crippen LogP contribution in [0.3, 0.4) is 0 Å². The minimum absolute atomic E-state index is 0.139. The molecule has 1 saturated heterocycles. The van der Waals surface area contributed by atoms with E-state index in [4.69, 9.17) is 15.5 Å². The normalized spacial score (nSPS) is 23.7. The van der Waals surface area contributed by atoms with E-state index in [9.17, 15) is 4.39 Å². The Balaban J connectivity index is 1.40. The molecule has 11 heteroatoms. The second kappa shape index (κ2) is 7.01. The number of aromatic nitrogens is 6. The lowest BCUT2D eigenvalue weighted by Gasteiger charge is -2.46. The first-order valence-corrected chi connectivity index (χ1v) is 11.6. The molecule has 0 unspecified atom stereocenters. The molecule has 5 aromatic rings. The van der Waals surface area contributed by atoms with Crippen molar-refractivity contribution in [3.63, 3.8) is 0 Å². The third kappa shape index (κ3) is 2.97. The topological polar surface area (TPSA) is 122 Å². The summed E-state index contributed by atoms with van der Waals surface area (Å²) in [5.41, 5.74) is 9.17. The van der Waals surface area contributed by atoms with Gasteiger partial charge in [-0.2, -0.15) is 15.1 Å². The van der Waals surface area contributed by atoms with E-state index in [0.717, 1.165) is 35.8 Å². The van der Waals surface area contributed by atoms with Gasteiger partial charge in [0.15, 0.2) is 11.4 Å². The maximum Gasteiger partial charge on any atom is 0.326 e. The van der Waals surface area contributed by atoms with Gasteiger partial charge in [-0.25, -0.2) is 13.9 Å². The molecule has 0 spiro atoms. The van der Waals surface area contributed by atoms with Crippen LogP contribution in [0.25, 0.3) is 27.6 Å². The summed E-state index contributed by atoms with van der Waals surface area (Å²) in [5.74, 6) is 1.22. The van der Waals surface area contributed by atoms with Crippen LogP contribution in [-0.4, -0.2) is 55.7 Å². The van der Waals surface area contributed by atoms with Crippen LogP contribution in [0.4, 0.5) is 15.9 Å². The van der Waals surface area contributed by atoms with Gasteiger partial charge in [-0.1, -0.05) is 6.92 Å². The van der Waals surface area contributed by atoms with Gasteiger partial charge < -0.3 is 25.7 Å². The molecule has 0 bridgehead atoms. The van der Waals surface area contributed by atoms with Gasteiger partial charge in [-0.05, 0) is 29.9 Å². The van der Waals surface area contributed by atoms with Crippen LogP contribution >= 0.6 is 0 Å². The fourth-order valence-corrected chi connectivity index (χ4v) is 5.87. The lowest BCUT2D eigenvalue weighted by atomic mass is 9.60. The molecule has 7 rings (SSSR count). The number of rotatable bonds is 4. The number of anilines is 2. The molecular weight excluding hydrogens is 449 g/mol. The van der Waals surface area contributed by atoms with Gasteiger partial charge in [0.25, 0.3) is 0 Å². The van der Waals surface area contributed by atoms with Crippen LogP contribution < -0.4 is 20.7 Å². The van der Waals surface area contributed by atoms with Crippen molar-refractivity contribution in [2.24, 2.45) is 17.1 Å². The number of nitrogens with zero attached hydrogens (tertiary/aromatic N) is 6. The minimum atomic E-state index is -0.330. The van der Waals surface area contributed by atoms with Crippen molar-refractivity contribution in [3.05, 3.63) is 42.6 Å². The van der Waals surface area contributed by atoms with Crippen molar-refractivity contribution in [1.29, 1.82) is 0 Å². The number of ether oxygens (including phenoxy) is 1. The maximum atomic E-state index is 14.5. The number of benzene rings is 1. The van der Waals surface area contributed by atoms with Gasteiger partial charge in [-0.15, -0.1) is 0 Å². The van der Waals surface area contributed by atoms with Crippen molar-refractivity contribution >= 4 is 39.1 Å².